The number of amides is 3. The van der Waals surface area contributed by atoms with Crippen LogP contribution < -0.4 is 16.9 Å². The molecule has 4 rings (SSSR count). The number of primary amides is 1. The second kappa shape index (κ2) is 8.61. The molecule has 1 saturated heterocycles. The van der Waals surface area contributed by atoms with Gasteiger partial charge in [0.05, 0.1) is 6.04 Å². The van der Waals surface area contributed by atoms with Crippen molar-refractivity contribution in [3.8, 4) is 11.3 Å². The average Bonchev–Trinajstić information content (AvgIpc) is 3.40. The van der Waals surface area contributed by atoms with E-state index in [0.717, 1.165) is 10.2 Å². The van der Waals surface area contributed by atoms with Crippen molar-refractivity contribution in [2.24, 2.45) is 5.73 Å². The fourth-order valence-corrected chi connectivity index (χ4v) is 3.90. The van der Waals surface area contributed by atoms with Crippen molar-refractivity contribution >= 4 is 23.7 Å². The SMILES string of the molecule is Cc1ccc(NC(=O)c2ccc(-c3nc([C@@H]4CCCN4C(=O)O)n(N)c3C(N)=O)cc2)nc1. The van der Waals surface area contributed by atoms with E-state index in [4.69, 9.17) is 11.6 Å². The zero-order chi connectivity index (χ0) is 23.7. The number of rotatable bonds is 5. The van der Waals surface area contributed by atoms with Crippen LogP contribution in [-0.2, 0) is 0 Å². The Balaban J connectivity index is 1.63. The number of pyridine rings is 1. The molecule has 1 aromatic carbocycles. The van der Waals surface area contributed by atoms with Gasteiger partial charge in [0.15, 0.2) is 11.5 Å². The summed E-state index contributed by atoms with van der Waals surface area (Å²) in [4.78, 5) is 46.1. The summed E-state index contributed by atoms with van der Waals surface area (Å²) in [7, 11) is 0. The second-order valence-electron chi connectivity index (χ2n) is 7.79. The Morgan fingerprint density at radius 3 is 2.48 bits per heavy atom. The summed E-state index contributed by atoms with van der Waals surface area (Å²) in [5.41, 5.74) is 7.61. The van der Waals surface area contributed by atoms with Crippen LogP contribution in [0.3, 0.4) is 0 Å². The van der Waals surface area contributed by atoms with Crippen molar-refractivity contribution in [3.63, 3.8) is 0 Å². The molecule has 0 spiro atoms. The maximum atomic E-state index is 12.5. The Morgan fingerprint density at radius 2 is 1.88 bits per heavy atom. The largest absolute Gasteiger partial charge is 0.465 e. The molecule has 1 aliphatic heterocycles. The van der Waals surface area contributed by atoms with Crippen LogP contribution >= 0.6 is 0 Å². The first-order chi connectivity index (χ1) is 15.8. The van der Waals surface area contributed by atoms with Crippen LogP contribution in [0.5, 0.6) is 0 Å². The van der Waals surface area contributed by atoms with Gasteiger partial charge in [0, 0.05) is 23.9 Å². The Kier molecular flexibility index (Phi) is 5.69. The number of anilines is 1. The first kappa shape index (κ1) is 21.8. The highest BCUT2D eigenvalue weighted by molar-refractivity contribution is 6.04. The molecule has 3 amide bonds. The Morgan fingerprint density at radius 1 is 1.15 bits per heavy atom. The minimum atomic E-state index is -1.08. The first-order valence-electron chi connectivity index (χ1n) is 10.3. The molecule has 33 heavy (non-hydrogen) atoms. The standard InChI is InChI=1S/C22H23N7O4/c1-12-4-9-16(25-11-12)26-21(31)14-7-5-13(6-8-14)17-18(19(23)30)29(24)20(27-17)15-3-2-10-28(15)22(32)33/h4-9,11,15H,2-3,10,24H2,1H3,(H2,23,30)(H,32,33)(H,25,26,31)/t15-/m0/s1. The Labute approximate surface area is 189 Å². The van der Waals surface area contributed by atoms with Gasteiger partial charge in [0.2, 0.25) is 0 Å². The van der Waals surface area contributed by atoms with Gasteiger partial charge in [-0.15, -0.1) is 0 Å². The van der Waals surface area contributed by atoms with Gasteiger partial charge in [-0.3, -0.25) is 14.5 Å². The zero-order valence-corrected chi connectivity index (χ0v) is 17.9. The van der Waals surface area contributed by atoms with Crippen molar-refractivity contribution < 1.29 is 19.5 Å². The van der Waals surface area contributed by atoms with E-state index in [2.05, 4.69) is 15.3 Å². The molecule has 2 aromatic heterocycles. The number of likely N-dealkylation sites (tertiary alicyclic amines) is 1. The highest BCUT2D eigenvalue weighted by Gasteiger charge is 2.35. The van der Waals surface area contributed by atoms with Crippen LogP contribution in [0, 0.1) is 6.92 Å². The molecule has 3 heterocycles. The number of nitrogens with one attached hydrogen (secondary N) is 1. The number of carboxylic acid groups (broad SMARTS) is 1. The lowest BCUT2D eigenvalue weighted by Gasteiger charge is -2.20. The smallest absolute Gasteiger partial charge is 0.407 e. The van der Waals surface area contributed by atoms with Crippen molar-refractivity contribution in [1.82, 2.24) is 19.5 Å². The normalized spacial score (nSPS) is 15.4. The number of nitrogens with zero attached hydrogens (tertiary/aromatic N) is 4. The van der Waals surface area contributed by atoms with Crippen molar-refractivity contribution in [3.05, 3.63) is 65.2 Å². The number of nitrogen functional groups attached to an aromatic ring is 1. The predicted molar refractivity (Wildman–Crippen MR) is 120 cm³/mol. The second-order valence-corrected chi connectivity index (χ2v) is 7.79. The Hall–Kier alpha value is -4.41. The molecule has 11 nitrogen and oxygen atoms in total. The number of carbonyl (C=O) groups is 3. The zero-order valence-electron chi connectivity index (χ0n) is 17.9. The van der Waals surface area contributed by atoms with Crippen LogP contribution in [0.2, 0.25) is 0 Å². The summed E-state index contributed by atoms with van der Waals surface area (Å²) >= 11 is 0. The monoisotopic (exact) mass is 449 g/mol. The highest BCUT2D eigenvalue weighted by Crippen LogP contribution is 2.34. The molecule has 0 bridgehead atoms. The molecular weight excluding hydrogens is 426 g/mol. The van der Waals surface area contributed by atoms with Gasteiger partial charge < -0.3 is 22.0 Å². The van der Waals surface area contributed by atoms with Gasteiger partial charge in [-0.1, -0.05) is 18.2 Å². The molecule has 3 aromatic rings. The fraction of sp³-hybridized carbons (Fsp3) is 0.227. The number of carbonyl (C=O) groups excluding carboxylic acids is 2. The van der Waals surface area contributed by atoms with E-state index in [1.54, 1.807) is 36.5 Å². The molecule has 1 aliphatic rings. The molecule has 11 heteroatoms. The van der Waals surface area contributed by atoms with Crippen molar-refractivity contribution in [2.45, 2.75) is 25.8 Å². The molecule has 0 unspecified atom stereocenters. The van der Waals surface area contributed by atoms with Crippen LogP contribution in [-0.4, -0.2) is 49.1 Å². The van der Waals surface area contributed by atoms with Crippen LogP contribution in [0.25, 0.3) is 11.3 Å². The number of hydrogen-bond donors (Lipinski definition) is 4. The molecule has 0 saturated carbocycles. The summed E-state index contributed by atoms with van der Waals surface area (Å²) < 4.78 is 1.06. The van der Waals surface area contributed by atoms with E-state index in [-0.39, 0.29) is 23.1 Å². The van der Waals surface area contributed by atoms with Gasteiger partial charge in [-0.25, -0.2) is 19.4 Å². The first-order valence-corrected chi connectivity index (χ1v) is 10.3. The molecular formula is C22H23N7O4. The highest BCUT2D eigenvalue weighted by atomic mass is 16.4. The van der Waals surface area contributed by atoms with E-state index in [1.165, 1.54) is 4.90 Å². The van der Waals surface area contributed by atoms with Crippen LogP contribution in [0.4, 0.5) is 10.6 Å². The summed E-state index contributed by atoms with van der Waals surface area (Å²) in [6.07, 6.45) is 1.76. The van der Waals surface area contributed by atoms with Gasteiger partial charge in [-0.2, -0.15) is 0 Å². The molecule has 1 fully saturated rings. The maximum Gasteiger partial charge on any atom is 0.407 e. The number of benzene rings is 1. The molecule has 170 valence electrons. The minimum absolute atomic E-state index is 0.0386. The summed E-state index contributed by atoms with van der Waals surface area (Å²) in [5.74, 6) is 5.65. The van der Waals surface area contributed by atoms with Crippen LogP contribution in [0.1, 0.15) is 51.1 Å². The predicted octanol–water partition coefficient (Wildman–Crippen LogP) is 2.13. The van der Waals surface area contributed by atoms with E-state index in [1.807, 2.05) is 13.0 Å². The number of imidazole rings is 1. The number of aryl methyl sites for hydroxylation is 1. The van der Waals surface area contributed by atoms with Gasteiger partial charge in [-0.05, 0) is 43.5 Å². The van der Waals surface area contributed by atoms with Crippen molar-refractivity contribution in [1.29, 1.82) is 0 Å². The molecule has 1 atom stereocenters. The number of hydrogen-bond acceptors (Lipinski definition) is 6. The van der Waals surface area contributed by atoms with E-state index in [9.17, 15) is 19.5 Å². The van der Waals surface area contributed by atoms with E-state index in [0.29, 0.717) is 36.3 Å². The third-order valence-corrected chi connectivity index (χ3v) is 5.54. The quantitative estimate of drug-likeness (QED) is 0.432. The summed E-state index contributed by atoms with van der Waals surface area (Å²) in [6.45, 7) is 2.26. The summed E-state index contributed by atoms with van der Waals surface area (Å²) in [6, 6.07) is 9.38. The number of nitrogens with two attached hydrogens (primary N) is 2. The summed E-state index contributed by atoms with van der Waals surface area (Å²) in [5, 5.41) is 12.2. The minimum Gasteiger partial charge on any atom is -0.465 e. The van der Waals surface area contributed by atoms with Crippen LogP contribution in [0.15, 0.2) is 42.6 Å². The Bertz CT molecular complexity index is 1220. The third-order valence-electron chi connectivity index (χ3n) is 5.54. The maximum absolute atomic E-state index is 12.5. The third kappa shape index (κ3) is 4.20. The van der Waals surface area contributed by atoms with Gasteiger partial charge in [0.25, 0.3) is 11.8 Å². The topological polar surface area (TPSA) is 169 Å². The lowest BCUT2D eigenvalue weighted by atomic mass is 10.1. The van der Waals surface area contributed by atoms with E-state index < -0.39 is 18.0 Å². The van der Waals surface area contributed by atoms with E-state index >= 15 is 0 Å². The van der Waals surface area contributed by atoms with Crippen molar-refractivity contribution in [2.75, 3.05) is 17.7 Å². The fourth-order valence-electron chi connectivity index (χ4n) is 3.90. The lowest BCUT2D eigenvalue weighted by molar-refractivity contribution is 0.0991. The number of aromatic nitrogens is 3. The molecule has 6 N–H and O–H groups in total. The van der Waals surface area contributed by atoms with Gasteiger partial charge in [0.1, 0.15) is 11.5 Å². The molecule has 0 radical (unpaired) electrons. The lowest BCUT2D eigenvalue weighted by Crippen LogP contribution is -2.32. The van der Waals surface area contributed by atoms with Gasteiger partial charge >= 0.3 is 6.09 Å². The molecule has 0 aliphatic carbocycles. The average molecular weight is 449 g/mol.